The highest BCUT2D eigenvalue weighted by molar-refractivity contribution is 6.02. The molecule has 2 unspecified atom stereocenters. The van der Waals surface area contributed by atoms with Crippen molar-refractivity contribution in [2.24, 2.45) is 0 Å². The molecule has 3 rings (SSSR count). The molecule has 3 nitrogen and oxygen atoms in total. The van der Waals surface area contributed by atoms with E-state index in [-0.39, 0.29) is 18.2 Å². The van der Waals surface area contributed by atoms with Crippen molar-refractivity contribution in [3.05, 3.63) is 71.0 Å². The van der Waals surface area contributed by atoms with E-state index in [0.29, 0.717) is 5.56 Å². The number of hydrogen-bond donors (Lipinski definition) is 1. The van der Waals surface area contributed by atoms with Gasteiger partial charge in [-0.25, -0.2) is 4.39 Å². The highest BCUT2D eigenvalue weighted by Gasteiger charge is 2.39. The lowest BCUT2D eigenvalue weighted by atomic mass is 9.76. The van der Waals surface area contributed by atoms with E-state index in [1.54, 1.807) is 18.2 Å². The molecule has 4 heteroatoms. The Balaban J connectivity index is 2.07. The van der Waals surface area contributed by atoms with Gasteiger partial charge in [-0.3, -0.25) is 14.9 Å². The fourth-order valence-electron chi connectivity index (χ4n) is 2.98. The summed E-state index contributed by atoms with van der Waals surface area (Å²) in [6.07, 6.45) is 0.174. The second kappa shape index (κ2) is 5.72. The Morgan fingerprint density at radius 3 is 2.41 bits per heavy atom. The number of carbonyl (C=O) groups is 2. The van der Waals surface area contributed by atoms with Gasteiger partial charge in [-0.05, 0) is 18.6 Å². The highest BCUT2D eigenvalue weighted by Crippen LogP contribution is 2.39. The molecule has 1 fully saturated rings. The summed E-state index contributed by atoms with van der Waals surface area (Å²) in [5, 5.41) is 2.32. The third-order valence-electron chi connectivity index (χ3n) is 4.10. The molecule has 22 heavy (non-hydrogen) atoms. The van der Waals surface area contributed by atoms with Crippen LogP contribution in [0.5, 0.6) is 0 Å². The molecule has 2 aromatic rings. The van der Waals surface area contributed by atoms with Crippen LogP contribution in [0.2, 0.25) is 0 Å². The Kier molecular flexibility index (Phi) is 3.75. The first-order chi connectivity index (χ1) is 10.6. The lowest BCUT2D eigenvalue weighted by Gasteiger charge is -2.31. The van der Waals surface area contributed by atoms with Gasteiger partial charge in [0.1, 0.15) is 5.82 Å². The normalized spacial score (nSPS) is 21.5. The third-order valence-corrected chi connectivity index (χ3v) is 4.10. The van der Waals surface area contributed by atoms with Gasteiger partial charge in [0.15, 0.2) is 0 Å². The number of nitrogens with one attached hydrogen (secondary N) is 1. The first-order valence-electron chi connectivity index (χ1n) is 7.21. The van der Waals surface area contributed by atoms with E-state index in [9.17, 15) is 14.0 Å². The quantitative estimate of drug-likeness (QED) is 0.866. The summed E-state index contributed by atoms with van der Waals surface area (Å²) in [7, 11) is 0. The highest BCUT2D eigenvalue weighted by atomic mass is 19.1. The molecule has 0 saturated carbocycles. The molecular weight excluding hydrogens is 281 g/mol. The summed E-state index contributed by atoms with van der Waals surface area (Å²) < 4.78 is 14.1. The van der Waals surface area contributed by atoms with Crippen LogP contribution >= 0.6 is 0 Å². The van der Waals surface area contributed by atoms with Crippen molar-refractivity contribution in [2.75, 3.05) is 0 Å². The minimum absolute atomic E-state index is 0.174. The van der Waals surface area contributed by atoms with Gasteiger partial charge >= 0.3 is 0 Å². The monoisotopic (exact) mass is 297 g/mol. The van der Waals surface area contributed by atoms with Crippen molar-refractivity contribution in [1.29, 1.82) is 0 Å². The Hall–Kier alpha value is -2.49. The van der Waals surface area contributed by atoms with Crippen LogP contribution in [-0.4, -0.2) is 11.8 Å². The molecule has 1 aliphatic heterocycles. The zero-order valence-corrected chi connectivity index (χ0v) is 12.2. The maximum Gasteiger partial charge on any atom is 0.234 e. The fraction of sp³-hybridized carbons (Fsp3) is 0.222. The molecular formula is C18H16FNO2. The zero-order valence-electron chi connectivity index (χ0n) is 12.2. The summed E-state index contributed by atoms with van der Waals surface area (Å²) in [6.45, 7) is 1.97. The van der Waals surface area contributed by atoms with E-state index < -0.39 is 17.6 Å². The standard InChI is InChI=1S/C18H16FNO2/c1-11-6-8-12(9-7-11)14-10-16(21)20-18(22)17(14)13-4-2-3-5-15(13)19/h2-9,14,17H,10H2,1H3,(H,20,21,22). The van der Waals surface area contributed by atoms with Crippen LogP contribution in [-0.2, 0) is 9.59 Å². The topological polar surface area (TPSA) is 46.2 Å². The van der Waals surface area contributed by atoms with Crippen LogP contribution in [0.4, 0.5) is 4.39 Å². The van der Waals surface area contributed by atoms with Crippen molar-refractivity contribution < 1.29 is 14.0 Å². The number of benzene rings is 2. The summed E-state index contributed by atoms with van der Waals surface area (Å²) in [5.74, 6) is -2.22. The molecule has 1 N–H and O–H groups in total. The zero-order chi connectivity index (χ0) is 15.7. The molecule has 0 spiro atoms. The summed E-state index contributed by atoms with van der Waals surface area (Å²) in [6, 6.07) is 13.9. The largest absolute Gasteiger partial charge is 0.296 e. The molecule has 2 atom stereocenters. The Morgan fingerprint density at radius 2 is 1.73 bits per heavy atom. The molecule has 0 radical (unpaired) electrons. The number of piperidine rings is 1. The maximum atomic E-state index is 14.1. The average molecular weight is 297 g/mol. The van der Waals surface area contributed by atoms with Crippen molar-refractivity contribution in [3.63, 3.8) is 0 Å². The Morgan fingerprint density at radius 1 is 1.05 bits per heavy atom. The van der Waals surface area contributed by atoms with Gasteiger partial charge in [-0.1, -0.05) is 48.0 Å². The average Bonchev–Trinajstić information content (AvgIpc) is 2.48. The van der Waals surface area contributed by atoms with Gasteiger partial charge < -0.3 is 0 Å². The number of rotatable bonds is 2. The molecule has 2 aromatic carbocycles. The van der Waals surface area contributed by atoms with E-state index in [2.05, 4.69) is 5.32 Å². The van der Waals surface area contributed by atoms with Gasteiger partial charge in [-0.2, -0.15) is 0 Å². The Bertz CT molecular complexity index is 724. The molecule has 0 bridgehead atoms. The second-order valence-corrected chi connectivity index (χ2v) is 5.63. The second-order valence-electron chi connectivity index (χ2n) is 5.63. The minimum atomic E-state index is -0.693. The van der Waals surface area contributed by atoms with Crippen molar-refractivity contribution >= 4 is 11.8 Å². The molecule has 112 valence electrons. The first kappa shape index (κ1) is 14.4. The number of aryl methyl sites for hydroxylation is 1. The van der Waals surface area contributed by atoms with Gasteiger partial charge in [0, 0.05) is 17.9 Å². The molecule has 0 aliphatic carbocycles. The summed E-state index contributed by atoms with van der Waals surface area (Å²) in [4.78, 5) is 24.1. The van der Waals surface area contributed by atoms with Gasteiger partial charge in [0.25, 0.3) is 0 Å². The van der Waals surface area contributed by atoms with E-state index >= 15 is 0 Å². The van der Waals surface area contributed by atoms with Gasteiger partial charge in [-0.15, -0.1) is 0 Å². The van der Waals surface area contributed by atoms with Crippen LogP contribution < -0.4 is 5.32 Å². The minimum Gasteiger partial charge on any atom is -0.296 e. The summed E-state index contributed by atoms with van der Waals surface area (Å²) >= 11 is 0. The molecule has 2 amide bonds. The van der Waals surface area contributed by atoms with Crippen molar-refractivity contribution in [3.8, 4) is 0 Å². The first-order valence-corrected chi connectivity index (χ1v) is 7.21. The van der Waals surface area contributed by atoms with Crippen LogP contribution in [0, 0.1) is 12.7 Å². The third kappa shape index (κ3) is 2.64. The smallest absolute Gasteiger partial charge is 0.234 e. The molecule has 1 saturated heterocycles. The van der Waals surface area contributed by atoms with Gasteiger partial charge in [0.05, 0.1) is 5.92 Å². The number of carbonyl (C=O) groups excluding carboxylic acids is 2. The van der Waals surface area contributed by atoms with E-state index in [1.165, 1.54) is 6.07 Å². The van der Waals surface area contributed by atoms with Crippen molar-refractivity contribution in [2.45, 2.75) is 25.2 Å². The van der Waals surface area contributed by atoms with E-state index in [0.717, 1.165) is 11.1 Å². The van der Waals surface area contributed by atoms with Crippen molar-refractivity contribution in [1.82, 2.24) is 5.32 Å². The molecule has 1 aliphatic rings. The maximum absolute atomic E-state index is 14.1. The molecule has 0 aromatic heterocycles. The lowest BCUT2D eigenvalue weighted by molar-refractivity contribution is -0.135. The SMILES string of the molecule is Cc1ccc(C2CC(=O)NC(=O)C2c2ccccc2F)cc1. The predicted octanol–water partition coefficient (Wildman–Crippen LogP) is 3.05. The van der Waals surface area contributed by atoms with Crippen LogP contribution in [0.25, 0.3) is 0 Å². The van der Waals surface area contributed by atoms with Crippen LogP contribution in [0.15, 0.2) is 48.5 Å². The Labute approximate surface area is 128 Å². The predicted molar refractivity (Wildman–Crippen MR) is 80.8 cm³/mol. The fourth-order valence-corrected chi connectivity index (χ4v) is 2.98. The number of hydrogen-bond acceptors (Lipinski definition) is 2. The van der Waals surface area contributed by atoms with Gasteiger partial charge in [0.2, 0.25) is 11.8 Å². The van der Waals surface area contributed by atoms with E-state index in [1.807, 2.05) is 31.2 Å². The molecule has 1 heterocycles. The van der Waals surface area contributed by atoms with Crippen LogP contribution in [0.3, 0.4) is 0 Å². The number of amides is 2. The van der Waals surface area contributed by atoms with Crippen LogP contribution in [0.1, 0.15) is 34.9 Å². The summed E-state index contributed by atoms with van der Waals surface area (Å²) in [5.41, 5.74) is 2.30. The van der Waals surface area contributed by atoms with E-state index in [4.69, 9.17) is 0 Å². The number of halogens is 1. The number of imide groups is 1. The lowest BCUT2D eigenvalue weighted by Crippen LogP contribution is -2.43.